The van der Waals surface area contributed by atoms with E-state index >= 15 is 0 Å². The highest BCUT2D eigenvalue weighted by atomic mass is 16.6. The maximum atomic E-state index is 13.7. The van der Waals surface area contributed by atoms with Crippen LogP contribution in [0.15, 0.2) is 60.0 Å². The summed E-state index contributed by atoms with van der Waals surface area (Å²) < 4.78 is 18.2. The Morgan fingerprint density at radius 1 is 1.18 bits per heavy atom. The van der Waals surface area contributed by atoms with Crippen molar-refractivity contribution in [2.45, 2.75) is 63.3 Å². The topological polar surface area (TPSA) is 140 Å². The normalized spacial score (nSPS) is 35.8. The number of aromatic hydroxyl groups is 1. The number of benzene rings is 1. The summed E-state index contributed by atoms with van der Waals surface area (Å²) in [6.45, 7) is 7.78. The van der Waals surface area contributed by atoms with Gasteiger partial charge in [-0.1, -0.05) is 19.9 Å². The summed E-state index contributed by atoms with van der Waals surface area (Å²) in [5.41, 5.74) is 0.477. The molecule has 1 spiro atoms. The summed E-state index contributed by atoms with van der Waals surface area (Å²) in [5, 5.41) is 36.6. The number of phenolic OH excluding ortho intramolecular Hbond substituents is 1. The van der Waals surface area contributed by atoms with Crippen LogP contribution in [0, 0.1) is 22.7 Å². The Hall–Kier alpha value is -3.48. The number of pyridine rings is 1. The largest absolute Gasteiger partial charge is 0.507 e. The van der Waals surface area contributed by atoms with Gasteiger partial charge in [-0.05, 0) is 79.4 Å². The molecule has 1 aromatic heterocycles. The number of ether oxygens (including phenoxy) is 3. The third-order valence-corrected chi connectivity index (χ3v) is 12.4. The number of carbonyl (C=O) groups is 1. The molecule has 5 aliphatic rings. The first-order chi connectivity index (χ1) is 23.5. The molecule has 2 aliphatic carbocycles. The van der Waals surface area contributed by atoms with Crippen molar-refractivity contribution < 1.29 is 34.3 Å². The van der Waals surface area contributed by atoms with Gasteiger partial charge < -0.3 is 39.7 Å². The maximum absolute atomic E-state index is 13.7. The van der Waals surface area contributed by atoms with Crippen molar-refractivity contribution in [1.29, 1.82) is 0 Å². The number of epoxide rings is 1. The SMILES string of the molecule is CN(C)c1ccc(C=C2C=C(C(CC3C4(CO4)C(N4CCOCC4)CC4[C@]3(C)CC[C@@H](O)[C@@]4(C)CO)Nc3ccccn3)C(=O)O2)c(O)c1. The second-order valence-electron chi connectivity index (χ2n) is 15.3. The molecule has 7 rings (SSSR count). The molecule has 1 aromatic carbocycles. The fourth-order valence-electron chi connectivity index (χ4n) is 9.55. The van der Waals surface area contributed by atoms with Crippen LogP contribution in [-0.4, -0.2) is 109 Å². The number of hydrogen-bond acceptors (Lipinski definition) is 11. The number of aliphatic hydroxyl groups excluding tert-OH is 2. The zero-order valence-electron chi connectivity index (χ0n) is 29.0. The van der Waals surface area contributed by atoms with Crippen molar-refractivity contribution >= 4 is 23.6 Å². The standard InChI is InChI=1S/C38H50N4O7/c1-36-11-10-33(45)37(2,22-43)30(36)21-32(42-13-15-47-16-14-42)38(23-48-38)31(36)20-28(40-34-7-5-6-12-39-34)27-19-26(49-35(27)46)17-24-8-9-25(41(3)4)18-29(24)44/h5-9,12,17-19,28,30-33,43-45H,10-11,13-16,20-23H2,1-4H3,(H,39,40)/t28?,30?,31?,32?,33-,36+,37+,38?/m1/s1. The highest BCUT2D eigenvalue weighted by molar-refractivity contribution is 5.95. The lowest BCUT2D eigenvalue weighted by Crippen LogP contribution is -2.68. The van der Waals surface area contributed by atoms with Gasteiger partial charge in [0, 0.05) is 62.2 Å². The van der Waals surface area contributed by atoms with Crippen LogP contribution in [0.5, 0.6) is 5.75 Å². The lowest BCUT2D eigenvalue weighted by Gasteiger charge is -2.64. The van der Waals surface area contributed by atoms with Gasteiger partial charge in [0.1, 0.15) is 22.9 Å². The number of anilines is 2. The van der Waals surface area contributed by atoms with Gasteiger partial charge in [-0.2, -0.15) is 0 Å². The summed E-state index contributed by atoms with van der Waals surface area (Å²) in [6, 6.07) is 10.7. The molecule has 0 amide bonds. The van der Waals surface area contributed by atoms with Gasteiger partial charge in [0.15, 0.2) is 0 Å². The smallest absolute Gasteiger partial charge is 0.341 e. The number of phenols is 1. The first-order valence-electron chi connectivity index (χ1n) is 17.6. The van der Waals surface area contributed by atoms with Crippen molar-refractivity contribution in [3.63, 3.8) is 0 Å². The van der Waals surface area contributed by atoms with Gasteiger partial charge in [-0.25, -0.2) is 9.78 Å². The van der Waals surface area contributed by atoms with Crippen LogP contribution in [0.3, 0.4) is 0 Å². The summed E-state index contributed by atoms with van der Waals surface area (Å²) >= 11 is 0. The van der Waals surface area contributed by atoms with Gasteiger partial charge in [-0.15, -0.1) is 0 Å². The molecule has 0 bridgehead atoms. The number of nitrogens with zero attached hydrogens (tertiary/aromatic N) is 3. The number of cyclic esters (lactones) is 1. The minimum absolute atomic E-state index is 0.0180. The van der Waals surface area contributed by atoms with E-state index in [1.165, 1.54) is 0 Å². The minimum Gasteiger partial charge on any atom is -0.507 e. The Morgan fingerprint density at radius 3 is 2.61 bits per heavy atom. The molecule has 4 fully saturated rings. The Bertz CT molecular complexity index is 1600. The fourth-order valence-corrected chi connectivity index (χ4v) is 9.55. The van der Waals surface area contributed by atoms with Crippen LogP contribution in [0.25, 0.3) is 6.08 Å². The number of aliphatic hydroxyl groups is 2. The van der Waals surface area contributed by atoms with Gasteiger partial charge in [-0.3, -0.25) is 4.90 Å². The van der Waals surface area contributed by atoms with E-state index in [4.69, 9.17) is 14.2 Å². The summed E-state index contributed by atoms with van der Waals surface area (Å²) in [4.78, 5) is 22.7. The van der Waals surface area contributed by atoms with Crippen molar-refractivity contribution in [2.75, 3.05) is 63.8 Å². The number of morpholine rings is 1. The maximum Gasteiger partial charge on any atom is 0.341 e. The molecule has 3 aliphatic heterocycles. The summed E-state index contributed by atoms with van der Waals surface area (Å²) in [7, 11) is 3.81. The van der Waals surface area contributed by atoms with Crippen molar-refractivity contribution in [2.24, 2.45) is 22.7 Å². The first kappa shape index (κ1) is 34.0. The molecule has 2 saturated carbocycles. The Labute approximate surface area is 288 Å². The van der Waals surface area contributed by atoms with E-state index in [0.717, 1.165) is 31.6 Å². The molecule has 49 heavy (non-hydrogen) atoms. The van der Waals surface area contributed by atoms with Crippen molar-refractivity contribution in [1.82, 2.24) is 9.88 Å². The molecular weight excluding hydrogens is 624 g/mol. The van der Waals surface area contributed by atoms with Crippen LogP contribution in [0.2, 0.25) is 0 Å². The zero-order chi connectivity index (χ0) is 34.6. The van der Waals surface area contributed by atoms with E-state index in [0.29, 0.717) is 55.4 Å². The molecule has 11 heteroatoms. The number of esters is 1. The zero-order valence-corrected chi connectivity index (χ0v) is 29.0. The monoisotopic (exact) mass is 674 g/mol. The minimum atomic E-state index is -0.679. The van der Waals surface area contributed by atoms with E-state index in [-0.39, 0.29) is 35.6 Å². The summed E-state index contributed by atoms with van der Waals surface area (Å²) in [6.07, 6.45) is 7.31. The molecular formula is C38H50N4O7. The highest BCUT2D eigenvalue weighted by Crippen LogP contribution is 2.67. The molecule has 2 aromatic rings. The molecule has 8 atom stereocenters. The van der Waals surface area contributed by atoms with Crippen LogP contribution in [-0.2, 0) is 19.0 Å². The Morgan fingerprint density at radius 2 is 1.96 bits per heavy atom. The van der Waals surface area contributed by atoms with Crippen molar-refractivity contribution in [3.8, 4) is 5.75 Å². The predicted octanol–water partition coefficient (Wildman–Crippen LogP) is 3.81. The van der Waals surface area contributed by atoms with Crippen LogP contribution in [0.1, 0.15) is 45.1 Å². The third-order valence-electron chi connectivity index (χ3n) is 12.4. The quantitative estimate of drug-likeness (QED) is 0.228. The van der Waals surface area contributed by atoms with E-state index in [9.17, 15) is 20.1 Å². The molecule has 4 heterocycles. The number of fused-ring (bicyclic) bond motifs is 1. The van der Waals surface area contributed by atoms with Gasteiger partial charge in [0.05, 0.1) is 44.1 Å². The van der Waals surface area contributed by atoms with E-state index < -0.39 is 29.1 Å². The summed E-state index contributed by atoms with van der Waals surface area (Å²) in [5.74, 6) is 0.639. The highest BCUT2D eigenvalue weighted by Gasteiger charge is 2.71. The second kappa shape index (κ2) is 13.0. The van der Waals surface area contributed by atoms with Crippen LogP contribution in [0.4, 0.5) is 11.5 Å². The number of rotatable bonds is 9. The first-order valence-corrected chi connectivity index (χ1v) is 17.6. The average molecular weight is 675 g/mol. The fraction of sp³-hybridized carbons (Fsp3) is 0.579. The van der Waals surface area contributed by atoms with E-state index in [1.807, 2.05) is 50.2 Å². The molecule has 0 radical (unpaired) electrons. The van der Waals surface area contributed by atoms with Crippen molar-refractivity contribution in [3.05, 3.63) is 65.6 Å². The van der Waals surface area contributed by atoms with Gasteiger partial charge >= 0.3 is 5.97 Å². The lowest BCUT2D eigenvalue weighted by atomic mass is 9.43. The molecule has 264 valence electrons. The van der Waals surface area contributed by atoms with E-state index in [1.54, 1.807) is 30.5 Å². The lowest BCUT2D eigenvalue weighted by molar-refractivity contribution is -0.197. The van der Waals surface area contributed by atoms with E-state index in [2.05, 4.69) is 22.1 Å². The number of hydrogen-bond donors (Lipinski definition) is 4. The Balaban J connectivity index is 1.28. The number of aromatic nitrogens is 1. The predicted molar refractivity (Wildman–Crippen MR) is 186 cm³/mol. The second-order valence-corrected chi connectivity index (χ2v) is 15.3. The number of nitrogens with one attached hydrogen (secondary N) is 1. The number of allylic oxidation sites excluding steroid dienone is 1. The van der Waals surface area contributed by atoms with Crippen LogP contribution >= 0.6 is 0 Å². The molecule has 11 nitrogen and oxygen atoms in total. The third kappa shape index (κ3) is 6.03. The molecule has 4 N–H and O–H groups in total. The van der Waals surface area contributed by atoms with Gasteiger partial charge in [0.2, 0.25) is 0 Å². The van der Waals surface area contributed by atoms with Gasteiger partial charge in [0.25, 0.3) is 0 Å². The van der Waals surface area contributed by atoms with Crippen LogP contribution < -0.4 is 10.2 Å². The Kier molecular flexibility index (Phi) is 9.02. The number of carbonyl (C=O) groups excluding carboxylic acids is 1. The molecule has 5 unspecified atom stereocenters. The average Bonchev–Trinajstić information content (AvgIpc) is 3.80. The molecule has 2 saturated heterocycles.